The van der Waals surface area contributed by atoms with Crippen LogP contribution in [0.4, 0.5) is 5.82 Å². The Hall–Kier alpha value is -2.11. The molecule has 2 rings (SSSR count). The van der Waals surface area contributed by atoms with Crippen molar-refractivity contribution in [2.24, 2.45) is 0 Å². The van der Waals surface area contributed by atoms with Crippen LogP contribution in [-0.4, -0.2) is 29.3 Å². The van der Waals surface area contributed by atoms with Crippen molar-refractivity contribution in [2.75, 3.05) is 18.0 Å². The Kier molecular flexibility index (Phi) is 3.45. The van der Waals surface area contributed by atoms with Crippen LogP contribution < -0.4 is 4.90 Å². The summed E-state index contributed by atoms with van der Waals surface area (Å²) < 4.78 is 0. The molecule has 92 valence electrons. The number of hydrogen-bond donors (Lipinski definition) is 1. The molecule has 1 N–H and O–H groups in total. The van der Waals surface area contributed by atoms with Gasteiger partial charge in [0.25, 0.3) is 0 Å². The maximum atomic E-state index is 9.55. The summed E-state index contributed by atoms with van der Waals surface area (Å²) in [6, 6.07) is 4.21. The molecular weight excluding hydrogens is 228 g/mol. The first-order valence-electron chi connectivity index (χ1n) is 5.96. The molecule has 1 fully saturated rings. The number of rotatable bonds is 2. The molecule has 1 aliphatic heterocycles. The van der Waals surface area contributed by atoms with Gasteiger partial charge in [0.2, 0.25) is 0 Å². The second kappa shape index (κ2) is 5.03. The van der Waals surface area contributed by atoms with Gasteiger partial charge < -0.3 is 10.0 Å². The molecule has 0 radical (unpaired) electrons. The third-order valence-electron chi connectivity index (χ3n) is 3.22. The lowest BCUT2D eigenvalue weighted by Gasteiger charge is -2.19. The van der Waals surface area contributed by atoms with Crippen molar-refractivity contribution in [3.05, 3.63) is 22.9 Å². The number of aromatic nitrogens is 1. The fourth-order valence-corrected chi connectivity index (χ4v) is 2.29. The highest BCUT2D eigenvalue weighted by atomic mass is 16.3. The van der Waals surface area contributed by atoms with E-state index in [1.165, 1.54) is 6.20 Å². The Morgan fingerprint density at radius 1 is 1.50 bits per heavy atom. The molecule has 0 bridgehead atoms. The maximum absolute atomic E-state index is 9.55. The van der Waals surface area contributed by atoms with E-state index >= 15 is 0 Å². The molecule has 1 atom stereocenters. The van der Waals surface area contributed by atoms with Crippen LogP contribution in [0.15, 0.2) is 6.20 Å². The van der Waals surface area contributed by atoms with Crippen LogP contribution in [0.1, 0.15) is 30.0 Å². The van der Waals surface area contributed by atoms with Gasteiger partial charge in [0.1, 0.15) is 18.0 Å². The van der Waals surface area contributed by atoms with Crippen LogP contribution in [-0.2, 0) is 6.42 Å². The highest BCUT2D eigenvalue weighted by molar-refractivity contribution is 5.61. The van der Waals surface area contributed by atoms with E-state index in [1.54, 1.807) is 0 Å². The molecule has 1 saturated heterocycles. The average Bonchev–Trinajstić information content (AvgIpc) is 2.83. The van der Waals surface area contributed by atoms with Crippen LogP contribution in [0.2, 0.25) is 0 Å². The van der Waals surface area contributed by atoms with Gasteiger partial charge in [0, 0.05) is 19.3 Å². The van der Waals surface area contributed by atoms with E-state index in [-0.39, 0.29) is 6.10 Å². The molecule has 1 aliphatic rings. The van der Waals surface area contributed by atoms with Crippen LogP contribution in [0, 0.1) is 22.7 Å². The number of β-amino-alcohol motifs (C(OH)–C–C–N with tert-alkyl or cyclic N) is 1. The van der Waals surface area contributed by atoms with E-state index < -0.39 is 0 Å². The first-order valence-corrected chi connectivity index (χ1v) is 5.96. The molecule has 5 nitrogen and oxygen atoms in total. The molecule has 1 aromatic rings. The number of nitrogens with zero attached hydrogens (tertiary/aromatic N) is 4. The van der Waals surface area contributed by atoms with Gasteiger partial charge in [-0.1, -0.05) is 6.92 Å². The minimum atomic E-state index is -0.362. The zero-order valence-electron chi connectivity index (χ0n) is 10.2. The first kappa shape index (κ1) is 12.3. The highest BCUT2D eigenvalue weighted by Gasteiger charge is 2.25. The summed E-state index contributed by atoms with van der Waals surface area (Å²) >= 11 is 0. The van der Waals surface area contributed by atoms with Gasteiger partial charge >= 0.3 is 0 Å². The number of aliphatic hydroxyl groups is 1. The minimum Gasteiger partial charge on any atom is -0.391 e. The van der Waals surface area contributed by atoms with E-state index in [2.05, 4.69) is 17.1 Å². The quantitative estimate of drug-likeness (QED) is 0.835. The zero-order chi connectivity index (χ0) is 13.1. The van der Waals surface area contributed by atoms with Crippen LogP contribution in [0.3, 0.4) is 0 Å². The molecule has 0 aromatic carbocycles. The molecule has 18 heavy (non-hydrogen) atoms. The summed E-state index contributed by atoms with van der Waals surface area (Å²) in [5, 5.41) is 27.8. The summed E-state index contributed by atoms with van der Waals surface area (Å²) in [7, 11) is 0. The lowest BCUT2D eigenvalue weighted by atomic mass is 10.0. The largest absolute Gasteiger partial charge is 0.391 e. The van der Waals surface area contributed by atoms with Gasteiger partial charge in [-0.15, -0.1) is 0 Å². The second-order valence-corrected chi connectivity index (χ2v) is 4.31. The van der Waals surface area contributed by atoms with Crippen molar-refractivity contribution in [3.8, 4) is 12.1 Å². The van der Waals surface area contributed by atoms with Gasteiger partial charge in [0.05, 0.1) is 17.2 Å². The molecule has 2 heterocycles. The van der Waals surface area contributed by atoms with E-state index in [9.17, 15) is 10.4 Å². The smallest absolute Gasteiger partial charge is 0.146 e. The number of hydrogen-bond acceptors (Lipinski definition) is 5. The van der Waals surface area contributed by atoms with Crippen molar-refractivity contribution in [1.29, 1.82) is 10.5 Å². The molecule has 1 unspecified atom stereocenters. The molecule has 0 amide bonds. The van der Waals surface area contributed by atoms with Crippen molar-refractivity contribution >= 4 is 5.82 Å². The predicted molar refractivity (Wildman–Crippen MR) is 65.9 cm³/mol. The summed E-state index contributed by atoms with van der Waals surface area (Å²) in [6.07, 6.45) is 2.46. The first-order chi connectivity index (χ1) is 8.71. The van der Waals surface area contributed by atoms with Crippen LogP contribution in [0.25, 0.3) is 0 Å². The van der Waals surface area contributed by atoms with E-state index in [4.69, 9.17) is 5.26 Å². The third kappa shape index (κ3) is 2.01. The monoisotopic (exact) mass is 242 g/mol. The number of nitriles is 2. The summed E-state index contributed by atoms with van der Waals surface area (Å²) in [6.45, 7) is 3.11. The van der Waals surface area contributed by atoms with Gasteiger partial charge in [0.15, 0.2) is 0 Å². The van der Waals surface area contributed by atoms with Gasteiger partial charge in [-0.25, -0.2) is 4.98 Å². The van der Waals surface area contributed by atoms with E-state index in [0.29, 0.717) is 42.9 Å². The maximum Gasteiger partial charge on any atom is 0.146 e. The van der Waals surface area contributed by atoms with Crippen LogP contribution in [0.5, 0.6) is 0 Å². The Morgan fingerprint density at radius 3 is 2.78 bits per heavy atom. The normalized spacial score (nSPS) is 18.4. The topological polar surface area (TPSA) is 83.9 Å². The third-order valence-corrected chi connectivity index (χ3v) is 3.22. The Labute approximate surface area is 106 Å². The standard InChI is InChI=1S/C13H14N4O/c1-2-11-9(5-14)7-16-13(12(11)6-15)17-4-3-10(18)8-17/h7,10,18H,2-4,8H2,1H3. The van der Waals surface area contributed by atoms with Crippen molar-refractivity contribution in [2.45, 2.75) is 25.9 Å². The highest BCUT2D eigenvalue weighted by Crippen LogP contribution is 2.26. The summed E-state index contributed by atoms with van der Waals surface area (Å²) in [5.41, 5.74) is 1.66. The van der Waals surface area contributed by atoms with Gasteiger partial charge in [-0.2, -0.15) is 10.5 Å². The minimum absolute atomic E-state index is 0.362. The lowest BCUT2D eigenvalue weighted by Crippen LogP contribution is -2.24. The average molecular weight is 242 g/mol. The number of anilines is 1. The molecule has 0 saturated carbocycles. The fraction of sp³-hybridized carbons (Fsp3) is 0.462. The Bertz CT molecular complexity index is 541. The van der Waals surface area contributed by atoms with Crippen molar-refractivity contribution in [3.63, 3.8) is 0 Å². The Balaban J connectivity index is 2.50. The van der Waals surface area contributed by atoms with E-state index in [0.717, 1.165) is 5.56 Å². The number of pyridine rings is 1. The van der Waals surface area contributed by atoms with Gasteiger partial charge in [-0.05, 0) is 18.4 Å². The second-order valence-electron chi connectivity index (χ2n) is 4.31. The molecule has 0 aliphatic carbocycles. The molecular formula is C13H14N4O. The zero-order valence-corrected chi connectivity index (χ0v) is 10.2. The van der Waals surface area contributed by atoms with Crippen molar-refractivity contribution < 1.29 is 5.11 Å². The van der Waals surface area contributed by atoms with Crippen molar-refractivity contribution in [1.82, 2.24) is 4.98 Å². The SMILES string of the molecule is CCc1c(C#N)cnc(N2CCC(O)C2)c1C#N. The van der Waals surface area contributed by atoms with Crippen LogP contribution >= 0.6 is 0 Å². The lowest BCUT2D eigenvalue weighted by molar-refractivity contribution is 0.198. The summed E-state index contributed by atoms with van der Waals surface area (Å²) in [4.78, 5) is 6.12. The molecule has 5 heteroatoms. The molecule has 0 spiro atoms. The fourth-order valence-electron chi connectivity index (χ4n) is 2.29. The number of aliphatic hydroxyl groups excluding tert-OH is 1. The van der Waals surface area contributed by atoms with Gasteiger partial charge in [-0.3, -0.25) is 0 Å². The Morgan fingerprint density at radius 2 is 2.28 bits per heavy atom. The molecule has 1 aromatic heterocycles. The summed E-state index contributed by atoms with van der Waals surface area (Å²) in [5.74, 6) is 0.588. The predicted octanol–water partition coefficient (Wildman–Crippen LogP) is 0.958. The van der Waals surface area contributed by atoms with E-state index in [1.807, 2.05) is 11.8 Å².